The average Bonchev–Trinajstić information content (AvgIpc) is 2.49. The summed E-state index contributed by atoms with van der Waals surface area (Å²) in [6.45, 7) is 0.690. The van der Waals surface area contributed by atoms with Crippen molar-refractivity contribution in [2.45, 2.75) is 19.0 Å². The molecule has 0 saturated carbocycles. The summed E-state index contributed by atoms with van der Waals surface area (Å²) in [7, 11) is 0. The Kier molecular flexibility index (Phi) is 3.30. The second-order valence-electron chi connectivity index (χ2n) is 2.84. The first-order valence-corrected chi connectivity index (χ1v) is 4.67. The van der Waals surface area contributed by atoms with Gasteiger partial charge in [0.2, 0.25) is 0 Å². The molecule has 0 radical (unpaired) electrons. The van der Waals surface area contributed by atoms with E-state index in [0.29, 0.717) is 13.0 Å². The Morgan fingerprint density at radius 1 is 1.69 bits per heavy atom. The molecule has 13 heavy (non-hydrogen) atoms. The van der Waals surface area contributed by atoms with Gasteiger partial charge in [-0.1, -0.05) is 0 Å². The number of halogens is 1. The van der Waals surface area contributed by atoms with E-state index in [0.717, 1.165) is 0 Å². The van der Waals surface area contributed by atoms with Gasteiger partial charge in [0.1, 0.15) is 6.04 Å². The summed E-state index contributed by atoms with van der Waals surface area (Å²) in [5.74, 6) is -0.756. The Balaban J connectivity index is 0.000000845. The van der Waals surface area contributed by atoms with Crippen LogP contribution in [0.25, 0.3) is 0 Å². The fourth-order valence-electron chi connectivity index (χ4n) is 1.37. The minimum Gasteiger partial charge on any atom is -0.480 e. The van der Waals surface area contributed by atoms with Gasteiger partial charge in [-0.3, -0.25) is 10.1 Å². The first-order chi connectivity index (χ1) is 5.77. The van der Waals surface area contributed by atoms with Crippen molar-refractivity contribution < 1.29 is 9.90 Å². The van der Waals surface area contributed by atoms with Crippen molar-refractivity contribution in [3.05, 3.63) is 21.9 Å². The summed E-state index contributed by atoms with van der Waals surface area (Å²) in [5, 5.41) is 13.7. The largest absolute Gasteiger partial charge is 0.480 e. The molecule has 1 aliphatic rings. The SMILES string of the molecule is Cl.O=C(O)[C@H]1Cc2sccc2CN1. The third kappa shape index (κ3) is 2.02. The molecular formula is C8H10ClNO2S. The summed E-state index contributed by atoms with van der Waals surface area (Å²) in [5.41, 5.74) is 1.25. The molecule has 1 aromatic rings. The zero-order valence-corrected chi connectivity index (χ0v) is 8.45. The van der Waals surface area contributed by atoms with E-state index < -0.39 is 12.0 Å². The molecule has 0 spiro atoms. The zero-order chi connectivity index (χ0) is 8.55. The number of fused-ring (bicyclic) bond motifs is 1. The van der Waals surface area contributed by atoms with Crippen LogP contribution in [0.4, 0.5) is 0 Å². The summed E-state index contributed by atoms with van der Waals surface area (Å²) in [4.78, 5) is 11.8. The van der Waals surface area contributed by atoms with Crippen LogP contribution in [-0.2, 0) is 17.8 Å². The minimum atomic E-state index is -0.756. The lowest BCUT2D eigenvalue weighted by Crippen LogP contribution is -2.40. The van der Waals surface area contributed by atoms with Gasteiger partial charge in [0.05, 0.1) is 0 Å². The van der Waals surface area contributed by atoms with Crippen molar-refractivity contribution >= 4 is 29.7 Å². The van der Waals surface area contributed by atoms with E-state index in [1.165, 1.54) is 10.4 Å². The molecule has 0 fully saturated rings. The molecule has 0 bridgehead atoms. The van der Waals surface area contributed by atoms with Crippen molar-refractivity contribution in [1.82, 2.24) is 5.32 Å². The van der Waals surface area contributed by atoms with Crippen LogP contribution in [0.2, 0.25) is 0 Å². The number of hydrogen-bond donors (Lipinski definition) is 2. The Labute approximate surface area is 86.2 Å². The standard InChI is InChI=1S/C8H9NO2S.ClH/c10-8(11)6-3-7-5(4-9-6)1-2-12-7;/h1-2,6,9H,3-4H2,(H,10,11);1H/t6-;/m1./s1. The molecule has 1 aliphatic heterocycles. The highest BCUT2D eigenvalue weighted by Gasteiger charge is 2.23. The molecule has 2 N–H and O–H groups in total. The molecule has 0 saturated heterocycles. The predicted molar refractivity (Wildman–Crippen MR) is 53.5 cm³/mol. The number of carboxylic acid groups (broad SMARTS) is 1. The third-order valence-electron chi connectivity index (χ3n) is 2.06. The molecule has 5 heteroatoms. The minimum absolute atomic E-state index is 0. The summed E-state index contributed by atoms with van der Waals surface area (Å²) < 4.78 is 0. The van der Waals surface area contributed by atoms with Crippen molar-refractivity contribution in [3.63, 3.8) is 0 Å². The van der Waals surface area contributed by atoms with Crippen LogP contribution in [0.3, 0.4) is 0 Å². The highest BCUT2D eigenvalue weighted by atomic mass is 35.5. The molecule has 3 nitrogen and oxygen atoms in total. The van der Waals surface area contributed by atoms with Gasteiger partial charge in [0.25, 0.3) is 0 Å². The predicted octanol–water partition coefficient (Wildman–Crippen LogP) is 1.27. The Bertz CT molecular complexity index is 313. The van der Waals surface area contributed by atoms with Crippen LogP contribution < -0.4 is 5.32 Å². The van der Waals surface area contributed by atoms with Gasteiger partial charge in [0.15, 0.2) is 0 Å². The first-order valence-electron chi connectivity index (χ1n) is 3.79. The summed E-state index contributed by atoms with van der Waals surface area (Å²) in [6, 6.07) is 1.65. The lowest BCUT2D eigenvalue weighted by atomic mass is 10.1. The second-order valence-corrected chi connectivity index (χ2v) is 3.85. The maximum absolute atomic E-state index is 10.6. The fraction of sp³-hybridized carbons (Fsp3) is 0.375. The van der Waals surface area contributed by atoms with Gasteiger partial charge in [-0.05, 0) is 17.0 Å². The molecular weight excluding hydrogens is 210 g/mol. The van der Waals surface area contributed by atoms with E-state index in [1.807, 2.05) is 11.4 Å². The van der Waals surface area contributed by atoms with Crippen LogP contribution in [-0.4, -0.2) is 17.1 Å². The number of thiophene rings is 1. The number of rotatable bonds is 1. The first kappa shape index (κ1) is 10.5. The normalized spacial score (nSPS) is 20.2. The number of nitrogens with one attached hydrogen (secondary N) is 1. The molecule has 0 aliphatic carbocycles. The van der Waals surface area contributed by atoms with Crippen molar-refractivity contribution in [2.75, 3.05) is 0 Å². The molecule has 0 amide bonds. The molecule has 0 aromatic carbocycles. The van der Waals surface area contributed by atoms with Crippen LogP contribution in [0, 0.1) is 0 Å². The van der Waals surface area contributed by atoms with Gasteiger partial charge in [-0.2, -0.15) is 0 Å². The number of aliphatic carboxylic acids is 1. The number of carbonyl (C=O) groups is 1. The molecule has 0 unspecified atom stereocenters. The smallest absolute Gasteiger partial charge is 0.321 e. The van der Waals surface area contributed by atoms with Crippen LogP contribution in [0.5, 0.6) is 0 Å². The molecule has 2 rings (SSSR count). The quantitative estimate of drug-likeness (QED) is 0.748. The molecule has 2 heterocycles. The highest BCUT2D eigenvalue weighted by Crippen LogP contribution is 2.22. The van der Waals surface area contributed by atoms with E-state index in [2.05, 4.69) is 5.32 Å². The van der Waals surface area contributed by atoms with Gasteiger partial charge < -0.3 is 5.11 Å². The number of hydrogen-bond acceptors (Lipinski definition) is 3. The zero-order valence-electron chi connectivity index (χ0n) is 6.82. The van der Waals surface area contributed by atoms with Gasteiger partial charge in [-0.15, -0.1) is 23.7 Å². The van der Waals surface area contributed by atoms with Crippen LogP contribution in [0.1, 0.15) is 10.4 Å². The van der Waals surface area contributed by atoms with Crippen LogP contribution in [0.15, 0.2) is 11.4 Å². The Morgan fingerprint density at radius 3 is 3.15 bits per heavy atom. The Morgan fingerprint density at radius 2 is 2.46 bits per heavy atom. The average molecular weight is 220 g/mol. The lowest BCUT2D eigenvalue weighted by molar-refractivity contribution is -0.139. The maximum atomic E-state index is 10.6. The van der Waals surface area contributed by atoms with Crippen LogP contribution >= 0.6 is 23.7 Å². The third-order valence-corrected chi connectivity index (χ3v) is 3.05. The lowest BCUT2D eigenvalue weighted by Gasteiger charge is -2.19. The topological polar surface area (TPSA) is 49.3 Å². The van der Waals surface area contributed by atoms with Crippen molar-refractivity contribution in [2.24, 2.45) is 0 Å². The molecule has 72 valence electrons. The molecule has 1 aromatic heterocycles. The fourth-order valence-corrected chi connectivity index (χ4v) is 2.32. The monoisotopic (exact) mass is 219 g/mol. The van der Waals surface area contributed by atoms with E-state index in [1.54, 1.807) is 11.3 Å². The van der Waals surface area contributed by atoms with Gasteiger partial charge >= 0.3 is 5.97 Å². The highest BCUT2D eigenvalue weighted by molar-refractivity contribution is 7.10. The Hall–Kier alpha value is -0.580. The van der Waals surface area contributed by atoms with E-state index in [4.69, 9.17) is 5.11 Å². The van der Waals surface area contributed by atoms with Gasteiger partial charge in [-0.25, -0.2) is 0 Å². The van der Waals surface area contributed by atoms with E-state index in [-0.39, 0.29) is 12.4 Å². The van der Waals surface area contributed by atoms with Gasteiger partial charge in [0, 0.05) is 17.8 Å². The summed E-state index contributed by atoms with van der Waals surface area (Å²) >= 11 is 1.64. The number of carboxylic acids is 1. The molecule has 1 atom stereocenters. The van der Waals surface area contributed by atoms with Crippen molar-refractivity contribution in [1.29, 1.82) is 0 Å². The maximum Gasteiger partial charge on any atom is 0.321 e. The summed E-state index contributed by atoms with van der Waals surface area (Å²) in [6.07, 6.45) is 0.627. The second kappa shape index (κ2) is 4.09. The van der Waals surface area contributed by atoms with E-state index in [9.17, 15) is 4.79 Å². The van der Waals surface area contributed by atoms with Crippen molar-refractivity contribution in [3.8, 4) is 0 Å². The van der Waals surface area contributed by atoms with E-state index >= 15 is 0 Å².